The summed E-state index contributed by atoms with van der Waals surface area (Å²) in [7, 11) is 1.58. The van der Waals surface area contributed by atoms with Gasteiger partial charge in [-0.2, -0.15) is 0 Å². The summed E-state index contributed by atoms with van der Waals surface area (Å²) in [6.45, 7) is 4.16. The summed E-state index contributed by atoms with van der Waals surface area (Å²) >= 11 is 0. The minimum Gasteiger partial charge on any atom is -0.497 e. The molecule has 0 saturated carbocycles. The molecule has 0 saturated heterocycles. The zero-order valence-electron chi connectivity index (χ0n) is 14.5. The van der Waals surface area contributed by atoms with Gasteiger partial charge in [0.1, 0.15) is 17.6 Å². The van der Waals surface area contributed by atoms with Crippen LogP contribution in [0.15, 0.2) is 46.9 Å². The molecule has 3 rings (SSSR count). The van der Waals surface area contributed by atoms with Gasteiger partial charge in [0.25, 0.3) is 0 Å². The smallest absolute Gasteiger partial charge is 0.228 e. The highest BCUT2D eigenvalue weighted by atomic mass is 16.5. The minimum atomic E-state index is -0.193. The number of rotatable bonds is 6. The van der Waals surface area contributed by atoms with Crippen molar-refractivity contribution in [2.45, 2.75) is 26.2 Å². The lowest BCUT2D eigenvalue weighted by Crippen LogP contribution is -1.99. The third-order valence-corrected chi connectivity index (χ3v) is 4.52. The first-order valence-corrected chi connectivity index (χ1v) is 8.28. The van der Waals surface area contributed by atoms with Gasteiger partial charge >= 0.3 is 0 Å². The van der Waals surface area contributed by atoms with Gasteiger partial charge in [0, 0.05) is 16.5 Å². The maximum Gasteiger partial charge on any atom is 0.228 e. The number of carbonyl (C=O) groups excluding carboxylic acids is 2. The van der Waals surface area contributed by atoms with E-state index in [-0.39, 0.29) is 17.5 Å². The van der Waals surface area contributed by atoms with Crippen LogP contribution in [0.2, 0.25) is 0 Å². The van der Waals surface area contributed by atoms with E-state index in [4.69, 9.17) is 9.15 Å². The molecule has 3 aromatic rings. The standard InChI is InChI=1S/C21H20O4/c1-4-13(2)18-10-14(12-22)9-16-11-19(25-21(16)18)20(23)15-5-7-17(24-3)8-6-15/h5-13H,4H2,1-3H3. The zero-order chi connectivity index (χ0) is 18.0. The Morgan fingerprint density at radius 1 is 1.20 bits per heavy atom. The first-order chi connectivity index (χ1) is 12.1. The van der Waals surface area contributed by atoms with E-state index in [1.807, 2.05) is 6.07 Å². The van der Waals surface area contributed by atoms with Crippen LogP contribution in [0.25, 0.3) is 11.0 Å². The van der Waals surface area contributed by atoms with Crippen LogP contribution >= 0.6 is 0 Å². The first-order valence-electron chi connectivity index (χ1n) is 8.28. The Kier molecular flexibility index (Phi) is 4.70. The van der Waals surface area contributed by atoms with Crippen molar-refractivity contribution in [2.24, 2.45) is 0 Å². The lowest BCUT2D eigenvalue weighted by Gasteiger charge is -2.10. The van der Waals surface area contributed by atoms with E-state index in [2.05, 4.69) is 13.8 Å². The molecule has 0 amide bonds. The second kappa shape index (κ2) is 6.93. The average Bonchev–Trinajstić information content (AvgIpc) is 3.10. The summed E-state index contributed by atoms with van der Waals surface area (Å²) in [5, 5.41) is 0.775. The van der Waals surface area contributed by atoms with Gasteiger partial charge in [-0.1, -0.05) is 13.8 Å². The predicted octanol–water partition coefficient (Wildman–Crippen LogP) is 5.00. The second-order valence-corrected chi connectivity index (χ2v) is 6.12. The number of hydrogen-bond acceptors (Lipinski definition) is 4. The van der Waals surface area contributed by atoms with Gasteiger partial charge in [-0.3, -0.25) is 9.59 Å². The van der Waals surface area contributed by atoms with Gasteiger partial charge in [0.2, 0.25) is 5.78 Å². The van der Waals surface area contributed by atoms with Crippen LogP contribution in [0, 0.1) is 0 Å². The van der Waals surface area contributed by atoms with Crippen molar-refractivity contribution in [3.63, 3.8) is 0 Å². The van der Waals surface area contributed by atoms with E-state index in [0.29, 0.717) is 22.5 Å². The number of carbonyl (C=O) groups is 2. The normalized spacial score (nSPS) is 12.1. The highest BCUT2D eigenvalue weighted by Gasteiger charge is 2.19. The summed E-state index contributed by atoms with van der Waals surface area (Å²) < 4.78 is 11.0. The molecule has 0 fully saturated rings. The van der Waals surface area contributed by atoms with Gasteiger partial charge in [0.15, 0.2) is 5.76 Å². The van der Waals surface area contributed by atoms with Crippen molar-refractivity contribution in [3.05, 3.63) is 64.9 Å². The lowest BCUT2D eigenvalue weighted by atomic mass is 9.95. The monoisotopic (exact) mass is 336 g/mol. The number of aldehydes is 1. The molecule has 128 valence electrons. The maximum atomic E-state index is 12.7. The van der Waals surface area contributed by atoms with E-state index in [9.17, 15) is 9.59 Å². The molecule has 0 N–H and O–H groups in total. The van der Waals surface area contributed by atoms with Crippen LogP contribution < -0.4 is 4.74 Å². The van der Waals surface area contributed by atoms with Gasteiger partial charge in [-0.05, 0) is 60.4 Å². The van der Waals surface area contributed by atoms with Crippen molar-refractivity contribution in [3.8, 4) is 5.75 Å². The molecule has 0 aliphatic heterocycles. The zero-order valence-corrected chi connectivity index (χ0v) is 14.5. The Morgan fingerprint density at radius 3 is 2.52 bits per heavy atom. The van der Waals surface area contributed by atoms with Gasteiger partial charge < -0.3 is 9.15 Å². The molecular weight excluding hydrogens is 316 g/mol. The third-order valence-electron chi connectivity index (χ3n) is 4.52. The van der Waals surface area contributed by atoms with Gasteiger partial charge in [-0.25, -0.2) is 0 Å². The first kappa shape index (κ1) is 17.0. The van der Waals surface area contributed by atoms with Crippen LogP contribution in [0.4, 0.5) is 0 Å². The molecule has 2 aromatic carbocycles. The number of ether oxygens (including phenoxy) is 1. The maximum absolute atomic E-state index is 12.7. The molecule has 0 spiro atoms. The number of benzene rings is 2. The fraction of sp³-hybridized carbons (Fsp3) is 0.238. The quantitative estimate of drug-likeness (QED) is 0.469. The summed E-state index contributed by atoms with van der Waals surface area (Å²) in [4.78, 5) is 23.9. The molecule has 4 heteroatoms. The SMILES string of the molecule is CCC(C)c1cc(C=O)cc2cc(C(=O)c3ccc(OC)cc3)oc12. The predicted molar refractivity (Wildman–Crippen MR) is 96.7 cm³/mol. The summed E-state index contributed by atoms with van der Waals surface area (Å²) in [6, 6.07) is 12.2. The molecule has 1 unspecified atom stereocenters. The van der Waals surface area contributed by atoms with Gasteiger partial charge in [-0.15, -0.1) is 0 Å². The molecule has 4 nitrogen and oxygen atoms in total. The van der Waals surface area contributed by atoms with Crippen LogP contribution in [0.1, 0.15) is 58.2 Å². The van der Waals surface area contributed by atoms with E-state index < -0.39 is 0 Å². The van der Waals surface area contributed by atoms with Crippen molar-refractivity contribution in [2.75, 3.05) is 7.11 Å². The Labute approximate surface area is 146 Å². The number of ketones is 1. The Bertz CT molecular complexity index is 919. The molecule has 1 atom stereocenters. The van der Waals surface area contributed by atoms with E-state index in [0.717, 1.165) is 23.7 Å². The van der Waals surface area contributed by atoms with E-state index in [1.165, 1.54) is 0 Å². The average molecular weight is 336 g/mol. The number of fused-ring (bicyclic) bond motifs is 1. The molecule has 25 heavy (non-hydrogen) atoms. The fourth-order valence-corrected chi connectivity index (χ4v) is 2.85. The third kappa shape index (κ3) is 3.20. The topological polar surface area (TPSA) is 56.5 Å². The number of furan rings is 1. The van der Waals surface area contributed by atoms with Crippen molar-refractivity contribution in [1.29, 1.82) is 0 Å². The Hall–Kier alpha value is -2.88. The second-order valence-electron chi connectivity index (χ2n) is 6.12. The summed E-state index contributed by atoms with van der Waals surface area (Å²) in [5.74, 6) is 1.00. The Morgan fingerprint density at radius 2 is 1.92 bits per heavy atom. The molecule has 0 aliphatic rings. The van der Waals surface area contributed by atoms with Crippen molar-refractivity contribution < 1.29 is 18.7 Å². The van der Waals surface area contributed by atoms with Crippen LogP contribution in [-0.2, 0) is 0 Å². The largest absolute Gasteiger partial charge is 0.497 e. The van der Waals surface area contributed by atoms with Crippen molar-refractivity contribution >= 4 is 23.0 Å². The fourth-order valence-electron chi connectivity index (χ4n) is 2.85. The highest BCUT2D eigenvalue weighted by Crippen LogP contribution is 2.32. The van der Waals surface area contributed by atoms with E-state index >= 15 is 0 Å². The molecule has 0 bridgehead atoms. The van der Waals surface area contributed by atoms with Gasteiger partial charge in [0.05, 0.1) is 7.11 Å². The minimum absolute atomic E-state index is 0.193. The van der Waals surface area contributed by atoms with Crippen LogP contribution in [-0.4, -0.2) is 19.2 Å². The highest BCUT2D eigenvalue weighted by molar-refractivity contribution is 6.09. The summed E-state index contributed by atoms with van der Waals surface area (Å²) in [5.41, 5.74) is 2.75. The van der Waals surface area contributed by atoms with Crippen LogP contribution in [0.3, 0.4) is 0 Å². The lowest BCUT2D eigenvalue weighted by molar-refractivity contribution is 0.101. The molecule has 1 aromatic heterocycles. The van der Waals surface area contributed by atoms with Crippen LogP contribution in [0.5, 0.6) is 5.75 Å². The number of methoxy groups -OCH3 is 1. The molecule has 0 aliphatic carbocycles. The van der Waals surface area contributed by atoms with E-state index in [1.54, 1.807) is 43.5 Å². The molecule has 0 radical (unpaired) electrons. The summed E-state index contributed by atoms with van der Waals surface area (Å²) in [6.07, 6.45) is 1.74. The Balaban J connectivity index is 2.07. The number of hydrogen-bond donors (Lipinski definition) is 0. The molecular formula is C21H20O4. The molecule has 1 heterocycles. The van der Waals surface area contributed by atoms with Crippen molar-refractivity contribution in [1.82, 2.24) is 0 Å².